The van der Waals surface area contributed by atoms with Crippen molar-refractivity contribution in [3.63, 3.8) is 0 Å². The lowest BCUT2D eigenvalue weighted by molar-refractivity contribution is -0.152. The molecule has 5 aliphatic heterocycles. The summed E-state index contributed by atoms with van der Waals surface area (Å²) in [6.45, 7) is 4.54. The summed E-state index contributed by atoms with van der Waals surface area (Å²) in [4.78, 5) is 47.6. The molecule has 0 aliphatic carbocycles. The molecule has 0 radical (unpaired) electrons. The van der Waals surface area contributed by atoms with Gasteiger partial charge in [-0.1, -0.05) is 54.6 Å². The van der Waals surface area contributed by atoms with Crippen LogP contribution in [-0.2, 0) is 23.9 Å². The number of hydrogen-bond acceptors (Lipinski definition) is 8. The van der Waals surface area contributed by atoms with Gasteiger partial charge in [-0.3, -0.25) is 19.3 Å². The molecule has 1 aromatic carbocycles. The topological polar surface area (TPSA) is 99.6 Å². The smallest absolute Gasteiger partial charge is 0.311 e. The van der Waals surface area contributed by atoms with Crippen LogP contribution in [0.4, 0.5) is 0 Å². The molecular weight excluding hydrogens is 506 g/mol. The molecule has 3 saturated heterocycles. The maximum absolute atomic E-state index is 14.4. The van der Waals surface area contributed by atoms with Gasteiger partial charge in [0.25, 0.3) is 0 Å². The van der Waals surface area contributed by atoms with Crippen molar-refractivity contribution in [2.75, 3.05) is 59.2 Å². The van der Waals surface area contributed by atoms with Crippen molar-refractivity contribution in [3.8, 4) is 0 Å². The molecule has 0 aromatic heterocycles. The first-order valence-electron chi connectivity index (χ1n) is 13.3. The van der Waals surface area contributed by atoms with Gasteiger partial charge in [0.15, 0.2) is 0 Å². The van der Waals surface area contributed by atoms with Gasteiger partial charge in [0, 0.05) is 38.0 Å². The van der Waals surface area contributed by atoms with Gasteiger partial charge in [-0.15, -0.1) is 11.8 Å². The Morgan fingerprint density at radius 1 is 1.05 bits per heavy atom. The van der Waals surface area contributed by atoms with E-state index in [1.54, 1.807) is 4.90 Å². The number of esters is 1. The molecule has 9 nitrogen and oxygen atoms in total. The molecule has 3 fully saturated rings. The number of cyclic esters (lactones) is 1. The van der Waals surface area contributed by atoms with Crippen LogP contribution in [0.15, 0.2) is 54.6 Å². The predicted molar refractivity (Wildman–Crippen MR) is 141 cm³/mol. The molecule has 202 valence electrons. The number of ether oxygens (including phenoxy) is 2. The summed E-state index contributed by atoms with van der Waals surface area (Å²) in [5.74, 6) is -2.27. The van der Waals surface area contributed by atoms with Crippen molar-refractivity contribution in [1.82, 2.24) is 14.7 Å². The number of morpholine rings is 1. The second-order valence-corrected chi connectivity index (χ2v) is 11.9. The summed E-state index contributed by atoms with van der Waals surface area (Å²) >= 11 is 1.52. The Morgan fingerprint density at radius 3 is 2.61 bits per heavy atom. The van der Waals surface area contributed by atoms with E-state index in [0.717, 1.165) is 25.2 Å². The van der Waals surface area contributed by atoms with Crippen LogP contribution in [0, 0.1) is 11.8 Å². The fourth-order valence-electron chi connectivity index (χ4n) is 6.61. The molecule has 6 rings (SSSR count). The number of nitrogens with zero attached hydrogens (tertiary/aromatic N) is 3. The zero-order valence-corrected chi connectivity index (χ0v) is 22.0. The zero-order chi connectivity index (χ0) is 26.3. The van der Waals surface area contributed by atoms with Gasteiger partial charge < -0.3 is 24.4 Å². The number of amides is 2. The Kier molecular flexibility index (Phi) is 7.07. The number of likely N-dealkylation sites (tertiary alicyclic amines) is 1. The van der Waals surface area contributed by atoms with Crippen LogP contribution in [0.25, 0.3) is 0 Å². The fourth-order valence-corrected chi connectivity index (χ4v) is 8.60. The maximum atomic E-state index is 14.4. The maximum Gasteiger partial charge on any atom is 0.311 e. The lowest BCUT2D eigenvalue weighted by Crippen LogP contribution is -2.55. The molecule has 1 aromatic rings. The molecule has 5 aliphatic rings. The van der Waals surface area contributed by atoms with Gasteiger partial charge >= 0.3 is 5.97 Å². The Labute approximate surface area is 226 Å². The number of hydrogen-bond donors (Lipinski definition) is 1. The second-order valence-electron chi connectivity index (χ2n) is 10.4. The largest absolute Gasteiger partial charge is 0.461 e. The number of rotatable bonds is 6. The molecule has 10 heteroatoms. The van der Waals surface area contributed by atoms with Crippen molar-refractivity contribution in [3.05, 3.63) is 60.2 Å². The van der Waals surface area contributed by atoms with E-state index in [9.17, 15) is 19.5 Å². The molecule has 0 saturated carbocycles. The minimum absolute atomic E-state index is 0.144. The van der Waals surface area contributed by atoms with Crippen LogP contribution in [-0.4, -0.2) is 113 Å². The van der Waals surface area contributed by atoms with E-state index in [4.69, 9.17) is 9.47 Å². The first-order chi connectivity index (χ1) is 18.5. The quantitative estimate of drug-likeness (QED) is 0.420. The first-order valence-corrected chi connectivity index (χ1v) is 14.2. The summed E-state index contributed by atoms with van der Waals surface area (Å²) < 4.78 is 9.98. The SMILES string of the molecule is O=C1OCC=C[C@H]2S[C@]34C=CCN(CCN5CCOCC5)C(=O)C3N([C@H](CO)c3ccccc3)C(=O)[C@@H]4[C@@H]12. The van der Waals surface area contributed by atoms with Crippen LogP contribution in [0.3, 0.4) is 0 Å². The minimum Gasteiger partial charge on any atom is -0.461 e. The second kappa shape index (κ2) is 10.5. The Hall–Kier alpha value is -2.66. The van der Waals surface area contributed by atoms with Crippen LogP contribution >= 0.6 is 11.8 Å². The summed E-state index contributed by atoms with van der Waals surface area (Å²) in [5, 5.41) is 10.3. The predicted octanol–water partition coefficient (Wildman–Crippen LogP) is 0.861. The fraction of sp³-hybridized carbons (Fsp3) is 0.536. The van der Waals surface area contributed by atoms with E-state index in [0.29, 0.717) is 26.3 Å². The Morgan fingerprint density at radius 2 is 1.84 bits per heavy atom. The molecule has 1 unspecified atom stereocenters. The minimum atomic E-state index is -0.930. The number of thioether (sulfide) groups is 1. The molecular formula is C28H33N3O6S. The summed E-state index contributed by atoms with van der Waals surface area (Å²) in [7, 11) is 0. The third-order valence-electron chi connectivity index (χ3n) is 8.42. The van der Waals surface area contributed by atoms with Crippen molar-refractivity contribution in [2.45, 2.75) is 22.1 Å². The van der Waals surface area contributed by atoms with Crippen molar-refractivity contribution >= 4 is 29.5 Å². The van der Waals surface area contributed by atoms with E-state index in [1.807, 2.05) is 59.5 Å². The molecule has 2 amide bonds. The van der Waals surface area contributed by atoms with Crippen LogP contribution in [0.1, 0.15) is 11.6 Å². The number of fused-ring (bicyclic) bond motifs is 2. The highest BCUT2D eigenvalue weighted by Gasteiger charge is 2.71. The Balaban J connectivity index is 1.39. The van der Waals surface area contributed by atoms with E-state index in [-0.39, 0.29) is 30.3 Å². The number of aliphatic hydroxyl groups excluding tert-OH is 1. The van der Waals surface area contributed by atoms with E-state index >= 15 is 0 Å². The van der Waals surface area contributed by atoms with Gasteiger partial charge in [-0.05, 0) is 5.56 Å². The summed E-state index contributed by atoms with van der Waals surface area (Å²) in [5.41, 5.74) is 0.754. The van der Waals surface area contributed by atoms with E-state index < -0.39 is 34.6 Å². The number of carbonyl (C=O) groups excluding carboxylic acids is 3. The van der Waals surface area contributed by atoms with Crippen molar-refractivity contribution in [2.24, 2.45) is 11.8 Å². The number of benzene rings is 1. The third-order valence-corrected chi connectivity index (χ3v) is 10.2. The lowest BCUT2D eigenvalue weighted by Gasteiger charge is -2.39. The highest BCUT2D eigenvalue weighted by atomic mass is 32.2. The molecule has 0 bridgehead atoms. The molecule has 6 atom stereocenters. The standard InChI is InChI=1S/C28H33N3O6S/c32-18-20(19-6-2-1-3-7-19)31-24-26(34)30(12-11-29-13-16-36-17-14-29)10-5-9-28(24)23(25(31)33)22-21(38-28)8-4-15-37-27(22)35/h1-9,20-24,32H,10-18H2/t20-,21-,22+,23+,24?,28+/m1/s1. The molecule has 38 heavy (non-hydrogen) atoms. The van der Waals surface area contributed by atoms with Gasteiger partial charge in [0.1, 0.15) is 12.6 Å². The van der Waals surface area contributed by atoms with Crippen LogP contribution in [0.5, 0.6) is 0 Å². The number of aliphatic hydroxyl groups is 1. The van der Waals surface area contributed by atoms with E-state index in [2.05, 4.69) is 4.90 Å². The van der Waals surface area contributed by atoms with Gasteiger partial charge in [-0.25, -0.2) is 0 Å². The van der Waals surface area contributed by atoms with Gasteiger partial charge in [0.2, 0.25) is 11.8 Å². The van der Waals surface area contributed by atoms with Crippen LogP contribution < -0.4 is 0 Å². The van der Waals surface area contributed by atoms with Gasteiger partial charge in [-0.2, -0.15) is 0 Å². The molecule has 1 N–H and O–H groups in total. The summed E-state index contributed by atoms with van der Waals surface area (Å²) in [6, 6.07) is 7.76. The number of carbonyl (C=O) groups is 3. The summed E-state index contributed by atoms with van der Waals surface area (Å²) in [6.07, 6.45) is 7.74. The van der Waals surface area contributed by atoms with Gasteiger partial charge in [0.05, 0.1) is 42.4 Å². The Bertz CT molecular complexity index is 1140. The average Bonchev–Trinajstić information content (AvgIpc) is 3.24. The normalized spacial score (nSPS) is 33.9. The third kappa shape index (κ3) is 4.18. The monoisotopic (exact) mass is 539 g/mol. The zero-order valence-electron chi connectivity index (χ0n) is 21.2. The molecule has 1 spiro atoms. The van der Waals surface area contributed by atoms with Crippen molar-refractivity contribution in [1.29, 1.82) is 0 Å². The van der Waals surface area contributed by atoms with E-state index in [1.165, 1.54) is 11.8 Å². The highest BCUT2D eigenvalue weighted by molar-refractivity contribution is 8.02. The van der Waals surface area contributed by atoms with Crippen LogP contribution in [0.2, 0.25) is 0 Å². The highest BCUT2D eigenvalue weighted by Crippen LogP contribution is 2.62. The molecule has 5 heterocycles. The lowest BCUT2D eigenvalue weighted by atomic mass is 9.78. The first kappa shape index (κ1) is 25.6. The van der Waals surface area contributed by atoms with Crippen molar-refractivity contribution < 1.29 is 29.0 Å². The average molecular weight is 540 g/mol.